The van der Waals surface area contributed by atoms with E-state index in [1.807, 2.05) is 24.3 Å². The van der Waals surface area contributed by atoms with Crippen LogP contribution in [0, 0.1) is 3.57 Å². The Morgan fingerprint density at radius 1 is 1.53 bits per heavy atom. The molecular weight excluding hydrogens is 329 g/mol. The smallest absolute Gasteiger partial charge is 0.253 e. The van der Waals surface area contributed by atoms with Crippen molar-refractivity contribution in [2.75, 3.05) is 7.05 Å². The lowest BCUT2D eigenvalue weighted by Gasteiger charge is -2.16. The highest BCUT2D eigenvalue weighted by Gasteiger charge is 2.12. The average Bonchev–Trinajstić information content (AvgIpc) is 2.80. The van der Waals surface area contributed by atoms with E-state index < -0.39 is 0 Å². The first-order chi connectivity index (χ1) is 8.16. The molecule has 4 nitrogen and oxygen atoms in total. The number of nitrogens with zero attached hydrogens (tertiary/aromatic N) is 2. The Labute approximate surface area is 113 Å². The van der Waals surface area contributed by atoms with E-state index in [9.17, 15) is 4.79 Å². The third kappa shape index (κ3) is 3.06. The van der Waals surface area contributed by atoms with E-state index in [2.05, 4.69) is 32.8 Å². The number of aromatic amines is 1. The largest absolute Gasteiger partial charge is 0.337 e. The topological polar surface area (TPSA) is 49.0 Å². The van der Waals surface area contributed by atoms with Crippen molar-refractivity contribution in [1.82, 2.24) is 15.1 Å². The van der Waals surface area contributed by atoms with E-state index in [-0.39, 0.29) is 5.91 Å². The Hall–Kier alpha value is -1.37. The van der Waals surface area contributed by atoms with E-state index >= 15 is 0 Å². The summed E-state index contributed by atoms with van der Waals surface area (Å²) >= 11 is 2.20. The number of halogens is 1. The van der Waals surface area contributed by atoms with Gasteiger partial charge in [-0.1, -0.05) is 6.07 Å². The quantitative estimate of drug-likeness (QED) is 0.871. The Bertz CT molecular complexity index is 510. The van der Waals surface area contributed by atoms with Gasteiger partial charge >= 0.3 is 0 Å². The number of nitrogens with one attached hydrogen (secondary N) is 1. The molecule has 2 rings (SSSR count). The predicted molar refractivity (Wildman–Crippen MR) is 73.5 cm³/mol. The van der Waals surface area contributed by atoms with Gasteiger partial charge in [0.2, 0.25) is 0 Å². The molecule has 17 heavy (non-hydrogen) atoms. The normalized spacial score (nSPS) is 10.2. The average molecular weight is 341 g/mol. The lowest BCUT2D eigenvalue weighted by atomic mass is 10.2. The van der Waals surface area contributed by atoms with E-state index in [0.717, 1.165) is 9.13 Å². The van der Waals surface area contributed by atoms with E-state index in [1.54, 1.807) is 24.3 Å². The lowest BCUT2D eigenvalue weighted by molar-refractivity contribution is 0.0785. The summed E-state index contributed by atoms with van der Waals surface area (Å²) in [5.74, 6) is 0.0183. The summed E-state index contributed by atoms with van der Waals surface area (Å²) in [5.41, 5.74) is 1.70. The first-order valence-corrected chi connectivity index (χ1v) is 6.23. The molecule has 0 aliphatic heterocycles. The van der Waals surface area contributed by atoms with Gasteiger partial charge in [0.25, 0.3) is 5.91 Å². The molecule has 0 saturated carbocycles. The summed E-state index contributed by atoms with van der Waals surface area (Å²) in [6, 6.07) is 7.57. The molecule has 1 aromatic carbocycles. The molecule has 1 amide bonds. The second-order valence-corrected chi connectivity index (χ2v) is 5.02. The summed E-state index contributed by atoms with van der Waals surface area (Å²) in [6.45, 7) is 0.556. The van der Waals surface area contributed by atoms with Crippen molar-refractivity contribution >= 4 is 28.5 Å². The fraction of sp³-hybridized carbons (Fsp3) is 0.167. The van der Waals surface area contributed by atoms with Gasteiger partial charge in [0.05, 0.1) is 6.20 Å². The van der Waals surface area contributed by atoms with Crippen molar-refractivity contribution in [1.29, 1.82) is 0 Å². The van der Waals surface area contributed by atoms with Gasteiger partial charge in [0, 0.05) is 34.5 Å². The monoisotopic (exact) mass is 341 g/mol. The summed E-state index contributed by atoms with van der Waals surface area (Å²) in [6.07, 6.45) is 3.51. The summed E-state index contributed by atoms with van der Waals surface area (Å²) < 4.78 is 1.06. The molecule has 1 heterocycles. The molecule has 5 heteroatoms. The third-order valence-corrected chi connectivity index (χ3v) is 3.06. The van der Waals surface area contributed by atoms with Gasteiger partial charge in [0.15, 0.2) is 0 Å². The highest BCUT2D eigenvalue weighted by atomic mass is 127. The third-order valence-electron chi connectivity index (χ3n) is 2.39. The molecule has 1 N–H and O–H groups in total. The molecule has 1 aromatic heterocycles. The van der Waals surface area contributed by atoms with Crippen LogP contribution in [0.25, 0.3) is 0 Å². The standard InChI is InChI=1S/C12H12IN3O/c1-16(8-9-6-14-15-7-9)12(17)10-3-2-4-11(13)5-10/h2-7H,8H2,1H3,(H,14,15). The number of rotatable bonds is 3. The van der Waals surface area contributed by atoms with Crippen LogP contribution < -0.4 is 0 Å². The van der Waals surface area contributed by atoms with E-state index in [4.69, 9.17) is 0 Å². The molecule has 0 radical (unpaired) electrons. The van der Waals surface area contributed by atoms with Crippen molar-refractivity contribution in [2.24, 2.45) is 0 Å². The van der Waals surface area contributed by atoms with Crippen molar-refractivity contribution in [3.8, 4) is 0 Å². The Kier molecular flexibility index (Phi) is 3.78. The highest BCUT2D eigenvalue weighted by Crippen LogP contribution is 2.11. The number of carbonyl (C=O) groups excluding carboxylic acids is 1. The summed E-state index contributed by atoms with van der Waals surface area (Å²) in [5, 5.41) is 6.59. The zero-order chi connectivity index (χ0) is 12.3. The number of aromatic nitrogens is 2. The fourth-order valence-corrected chi connectivity index (χ4v) is 2.09. The minimum absolute atomic E-state index is 0.0183. The van der Waals surface area contributed by atoms with Crippen LogP contribution >= 0.6 is 22.6 Å². The predicted octanol–water partition coefficient (Wildman–Crippen LogP) is 2.29. The van der Waals surface area contributed by atoms with Gasteiger partial charge in [-0.15, -0.1) is 0 Å². The number of benzene rings is 1. The molecule has 0 spiro atoms. The van der Waals surface area contributed by atoms with Crippen molar-refractivity contribution in [3.05, 3.63) is 51.4 Å². The number of hydrogen-bond acceptors (Lipinski definition) is 2. The first-order valence-electron chi connectivity index (χ1n) is 5.15. The Morgan fingerprint density at radius 3 is 3.00 bits per heavy atom. The molecule has 0 aliphatic carbocycles. The minimum atomic E-state index is 0.0183. The van der Waals surface area contributed by atoms with Gasteiger partial charge in [-0.2, -0.15) is 5.10 Å². The van der Waals surface area contributed by atoms with Crippen molar-refractivity contribution in [2.45, 2.75) is 6.54 Å². The van der Waals surface area contributed by atoms with Crippen LogP contribution in [-0.2, 0) is 6.54 Å². The van der Waals surface area contributed by atoms with Gasteiger partial charge in [-0.3, -0.25) is 9.89 Å². The molecule has 0 fully saturated rings. The van der Waals surface area contributed by atoms with Crippen LogP contribution in [0.2, 0.25) is 0 Å². The zero-order valence-corrected chi connectivity index (χ0v) is 11.5. The van der Waals surface area contributed by atoms with Crippen LogP contribution in [0.1, 0.15) is 15.9 Å². The number of carbonyl (C=O) groups is 1. The first kappa shape index (κ1) is 12.1. The molecule has 0 aliphatic rings. The van der Waals surface area contributed by atoms with Crippen LogP contribution in [-0.4, -0.2) is 28.1 Å². The maximum absolute atomic E-state index is 12.1. The zero-order valence-electron chi connectivity index (χ0n) is 9.35. The molecule has 2 aromatic rings. The summed E-state index contributed by atoms with van der Waals surface area (Å²) in [7, 11) is 1.79. The maximum Gasteiger partial charge on any atom is 0.253 e. The van der Waals surface area contributed by atoms with Gasteiger partial charge in [-0.25, -0.2) is 0 Å². The van der Waals surface area contributed by atoms with Crippen molar-refractivity contribution in [3.63, 3.8) is 0 Å². The molecule has 0 bridgehead atoms. The number of amides is 1. The fourth-order valence-electron chi connectivity index (χ4n) is 1.55. The molecular formula is C12H12IN3O. The van der Waals surface area contributed by atoms with E-state index in [0.29, 0.717) is 12.1 Å². The van der Waals surface area contributed by atoms with Crippen LogP contribution in [0.5, 0.6) is 0 Å². The molecule has 0 saturated heterocycles. The Balaban J connectivity index is 2.09. The highest BCUT2D eigenvalue weighted by molar-refractivity contribution is 14.1. The SMILES string of the molecule is CN(Cc1cn[nH]c1)C(=O)c1cccc(I)c1. The Morgan fingerprint density at radius 2 is 2.35 bits per heavy atom. The van der Waals surface area contributed by atoms with Crippen LogP contribution in [0.4, 0.5) is 0 Å². The lowest BCUT2D eigenvalue weighted by Crippen LogP contribution is -2.26. The van der Waals surface area contributed by atoms with Crippen LogP contribution in [0.3, 0.4) is 0 Å². The number of hydrogen-bond donors (Lipinski definition) is 1. The van der Waals surface area contributed by atoms with Gasteiger partial charge in [0.1, 0.15) is 0 Å². The molecule has 0 unspecified atom stereocenters. The minimum Gasteiger partial charge on any atom is -0.337 e. The second kappa shape index (κ2) is 5.31. The second-order valence-electron chi connectivity index (χ2n) is 3.78. The summed E-state index contributed by atoms with van der Waals surface area (Å²) in [4.78, 5) is 13.8. The number of H-pyrrole nitrogens is 1. The van der Waals surface area contributed by atoms with E-state index in [1.165, 1.54) is 0 Å². The maximum atomic E-state index is 12.1. The van der Waals surface area contributed by atoms with Crippen LogP contribution in [0.15, 0.2) is 36.7 Å². The molecule has 88 valence electrons. The van der Waals surface area contributed by atoms with Gasteiger partial charge < -0.3 is 4.90 Å². The van der Waals surface area contributed by atoms with Crippen molar-refractivity contribution < 1.29 is 4.79 Å². The molecule has 0 atom stereocenters. The van der Waals surface area contributed by atoms with Gasteiger partial charge in [-0.05, 0) is 40.8 Å².